The molecular weight excluding hydrogens is 384 g/mol. The van der Waals surface area contributed by atoms with Crippen molar-refractivity contribution < 1.29 is 13.2 Å². The standard InChI is InChI=1S/C18H20N4O3S2/c19-8-2-9-21-27(24,25)16-6-4-14(5-7-16)18(23)22-11-1-3-15(13-22)17-20-10-12-26-17/h4-7,10,12,15,21H,1-3,9,11,13H2. The molecule has 7 nitrogen and oxygen atoms in total. The molecular formula is C18H20N4O3S2. The summed E-state index contributed by atoms with van der Waals surface area (Å²) in [6, 6.07) is 7.80. The van der Waals surface area contributed by atoms with E-state index >= 15 is 0 Å². The molecule has 1 aliphatic rings. The number of rotatable bonds is 6. The Morgan fingerprint density at radius 3 is 2.81 bits per heavy atom. The van der Waals surface area contributed by atoms with Crippen LogP contribution in [0.15, 0.2) is 40.7 Å². The third kappa shape index (κ3) is 4.71. The summed E-state index contributed by atoms with van der Waals surface area (Å²) in [6.07, 6.45) is 3.82. The molecule has 2 heterocycles. The Hall–Kier alpha value is -2.28. The second kappa shape index (κ2) is 8.61. The molecule has 1 N–H and O–H groups in total. The lowest BCUT2D eigenvalue weighted by Crippen LogP contribution is -2.39. The second-order valence-corrected chi connectivity index (χ2v) is 8.98. The van der Waals surface area contributed by atoms with Crippen molar-refractivity contribution in [2.75, 3.05) is 19.6 Å². The topological polar surface area (TPSA) is 103 Å². The smallest absolute Gasteiger partial charge is 0.253 e. The molecule has 1 unspecified atom stereocenters. The van der Waals surface area contributed by atoms with Gasteiger partial charge in [0.15, 0.2) is 0 Å². The van der Waals surface area contributed by atoms with Gasteiger partial charge in [0.2, 0.25) is 10.0 Å². The Morgan fingerprint density at radius 1 is 1.37 bits per heavy atom. The Labute approximate surface area is 162 Å². The van der Waals surface area contributed by atoms with Gasteiger partial charge in [0.1, 0.15) is 0 Å². The third-order valence-corrected chi connectivity index (χ3v) is 6.86. The predicted molar refractivity (Wildman–Crippen MR) is 102 cm³/mol. The average molecular weight is 405 g/mol. The lowest BCUT2D eigenvalue weighted by molar-refractivity contribution is 0.0707. The molecule has 1 aromatic heterocycles. The number of hydrogen-bond donors (Lipinski definition) is 1. The van der Waals surface area contributed by atoms with Crippen LogP contribution in [0.4, 0.5) is 0 Å². The van der Waals surface area contributed by atoms with E-state index in [1.54, 1.807) is 17.5 Å². The molecule has 3 rings (SSSR count). The Bertz CT molecular complexity index is 919. The van der Waals surface area contributed by atoms with E-state index in [1.807, 2.05) is 16.3 Å². The summed E-state index contributed by atoms with van der Waals surface area (Å²) in [7, 11) is -3.67. The summed E-state index contributed by atoms with van der Waals surface area (Å²) < 4.78 is 26.6. The predicted octanol–water partition coefficient (Wildman–Crippen LogP) is 2.35. The van der Waals surface area contributed by atoms with Gasteiger partial charge in [0.05, 0.1) is 16.0 Å². The number of sulfonamides is 1. The zero-order valence-corrected chi connectivity index (χ0v) is 16.3. The van der Waals surface area contributed by atoms with Crippen LogP contribution in [0.5, 0.6) is 0 Å². The molecule has 0 radical (unpaired) electrons. The number of nitriles is 1. The van der Waals surface area contributed by atoms with Gasteiger partial charge in [-0.3, -0.25) is 4.79 Å². The molecule has 0 saturated carbocycles. The number of likely N-dealkylation sites (tertiary alicyclic amines) is 1. The number of amides is 1. The van der Waals surface area contributed by atoms with Crippen LogP contribution in [0.25, 0.3) is 0 Å². The fourth-order valence-electron chi connectivity index (χ4n) is 3.08. The first kappa shape index (κ1) is 19.5. The first-order valence-corrected chi connectivity index (χ1v) is 11.0. The number of aromatic nitrogens is 1. The first-order valence-electron chi connectivity index (χ1n) is 8.66. The molecule has 1 atom stereocenters. The summed E-state index contributed by atoms with van der Waals surface area (Å²) >= 11 is 1.61. The lowest BCUT2D eigenvalue weighted by Gasteiger charge is -2.32. The zero-order chi connectivity index (χ0) is 19.3. The van der Waals surface area contributed by atoms with E-state index < -0.39 is 10.0 Å². The molecule has 1 saturated heterocycles. The van der Waals surface area contributed by atoms with E-state index in [4.69, 9.17) is 5.26 Å². The van der Waals surface area contributed by atoms with Gasteiger partial charge in [-0.05, 0) is 37.1 Å². The highest BCUT2D eigenvalue weighted by Crippen LogP contribution is 2.29. The van der Waals surface area contributed by atoms with Crippen LogP contribution in [0.2, 0.25) is 0 Å². The van der Waals surface area contributed by atoms with Gasteiger partial charge in [-0.25, -0.2) is 18.1 Å². The second-order valence-electron chi connectivity index (χ2n) is 6.29. The van der Waals surface area contributed by atoms with E-state index in [0.717, 1.165) is 17.8 Å². The largest absolute Gasteiger partial charge is 0.338 e. The van der Waals surface area contributed by atoms with Crippen LogP contribution in [0.3, 0.4) is 0 Å². The summed E-state index contributed by atoms with van der Waals surface area (Å²) in [5.41, 5.74) is 0.464. The molecule has 142 valence electrons. The maximum Gasteiger partial charge on any atom is 0.253 e. The van der Waals surface area contributed by atoms with Crippen molar-refractivity contribution in [3.8, 4) is 6.07 Å². The Kier molecular flexibility index (Phi) is 6.21. The van der Waals surface area contributed by atoms with Crippen LogP contribution in [-0.4, -0.2) is 43.8 Å². The van der Waals surface area contributed by atoms with E-state index in [0.29, 0.717) is 18.7 Å². The van der Waals surface area contributed by atoms with Gasteiger partial charge in [-0.1, -0.05) is 0 Å². The normalized spacial score (nSPS) is 17.4. The Balaban J connectivity index is 1.68. The zero-order valence-electron chi connectivity index (χ0n) is 14.7. The van der Waals surface area contributed by atoms with Crippen LogP contribution in [0, 0.1) is 11.3 Å². The number of hydrogen-bond acceptors (Lipinski definition) is 6. The minimum absolute atomic E-state index is 0.0609. The van der Waals surface area contributed by atoms with Crippen LogP contribution in [0.1, 0.15) is 40.5 Å². The fraction of sp³-hybridized carbons (Fsp3) is 0.389. The summed E-state index contributed by atoms with van der Waals surface area (Å²) in [5, 5.41) is 11.5. The number of carbonyl (C=O) groups excluding carboxylic acids is 1. The number of benzene rings is 1. The van der Waals surface area contributed by atoms with Gasteiger partial charge in [0.25, 0.3) is 5.91 Å². The highest BCUT2D eigenvalue weighted by Gasteiger charge is 2.27. The van der Waals surface area contributed by atoms with E-state index in [9.17, 15) is 13.2 Å². The van der Waals surface area contributed by atoms with Gasteiger partial charge in [-0.15, -0.1) is 11.3 Å². The van der Waals surface area contributed by atoms with Gasteiger partial charge in [-0.2, -0.15) is 5.26 Å². The SMILES string of the molecule is N#CCCNS(=O)(=O)c1ccc(C(=O)N2CCCC(c3nccs3)C2)cc1. The van der Waals surface area contributed by atoms with E-state index in [2.05, 4.69) is 9.71 Å². The molecule has 1 aliphatic heterocycles. The number of thiazole rings is 1. The minimum atomic E-state index is -3.67. The fourth-order valence-corrected chi connectivity index (χ4v) is 4.88. The Morgan fingerprint density at radius 2 is 2.15 bits per heavy atom. The summed E-state index contributed by atoms with van der Waals surface area (Å²) in [5.74, 6) is 0.157. The third-order valence-electron chi connectivity index (χ3n) is 4.45. The molecule has 0 aliphatic carbocycles. The highest BCUT2D eigenvalue weighted by atomic mass is 32.2. The quantitative estimate of drug-likeness (QED) is 0.745. The summed E-state index contributed by atoms with van der Waals surface area (Å²) in [6.45, 7) is 1.38. The van der Waals surface area contributed by atoms with Crippen molar-refractivity contribution in [1.29, 1.82) is 5.26 Å². The van der Waals surface area contributed by atoms with Gasteiger partial charge >= 0.3 is 0 Å². The van der Waals surface area contributed by atoms with E-state index in [-0.39, 0.29) is 29.7 Å². The number of nitrogens with zero attached hydrogens (tertiary/aromatic N) is 3. The number of nitrogens with one attached hydrogen (secondary N) is 1. The molecule has 0 bridgehead atoms. The molecule has 27 heavy (non-hydrogen) atoms. The number of carbonyl (C=O) groups is 1. The van der Waals surface area contributed by atoms with Crippen molar-refractivity contribution in [3.63, 3.8) is 0 Å². The minimum Gasteiger partial charge on any atom is -0.338 e. The van der Waals surface area contributed by atoms with Crippen LogP contribution >= 0.6 is 11.3 Å². The van der Waals surface area contributed by atoms with Gasteiger partial charge in [0, 0.05) is 49.1 Å². The maximum atomic E-state index is 12.8. The molecule has 9 heteroatoms. The van der Waals surface area contributed by atoms with Crippen LogP contribution in [-0.2, 0) is 10.0 Å². The monoisotopic (exact) mass is 404 g/mol. The maximum absolute atomic E-state index is 12.8. The molecule has 1 amide bonds. The van der Waals surface area contributed by atoms with Crippen molar-refractivity contribution in [3.05, 3.63) is 46.4 Å². The summed E-state index contributed by atoms with van der Waals surface area (Å²) in [4.78, 5) is 19.0. The van der Waals surface area contributed by atoms with Crippen molar-refractivity contribution >= 4 is 27.3 Å². The van der Waals surface area contributed by atoms with Gasteiger partial charge < -0.3 is 4.90 Å². The first-order chi connectivity index (χ1) is 13.0. The average Bonchev–Trinajstić information content (AvgIpc) is 3.23. The molecule has 0 spiro atoms. The number of piperidine rings is 1. The molecule has 2 aromatic rings. The van der Waals surface area contributed by atoms with Crippen molar-refractivity contribution in [2.45, 2.75) is 30.1 Å². The highest BCUT2D eigenvalue weighted by molar-refractivity contribution is 7.89. The van der Waals surface area contributed by atoms with E-state index in [1.165, 1.54) is 24.3 Å². The lowest BCUT2D eigenvalue weighted by atomic mass is 9.98. The molecule has 1 aromatic carbocycles. The molecule has 1 fully saturated rings. The van der Waals surface area contributed by atoms with Crippen LogP contribution < -0.4 is 4.72 Å². The van der Waals surface area contributed by atoms with Crippen molar-refractivity contribution in [2.24, 2.45) is 0 Å². The van der Waals surface area contributed by atoms with Crippen molar-refractivity contribution in [1.82, 2.24) is 14.6 Å².